The van der Waals surface area contributed by atoms with Crippen LogP contribution in [0.25, 0.3) is 0 Å². The van der Waals surface area contributed by atoms with E-state index in [0.29, 0.717) is 6.04 Å². The van der Waals surface area contributed by atoms with Crippen LogP contribution in [0.1, 0.15) is 35.7 Å². The van der Waals surface area contributed by atoms with Crippen molar-refractivity contribution in [3.8, 4) is 0 Å². The van der Waals surface area contributed by atoms with E-state index in [1.807, 2.05) is 6.92 Å². The second kappa shape index (κ2) is 4.87. The molecule has 2 aliphatic rings. The van der Waals surface area contributed by atoms with Crippen molar-refractivity contribution < 1.29 is 5.11 Å². The monoisotopic (exact) mass is 267 g/mol. The largest absolute Gasteiger partial charge is 0.393 e. The minimum atomic E-state index is -0.0305. The molecule has 0 spiro atoms. The molecular formula is C13H21N3OS. The first-order valence-corrected chi connectivity index (χ1v) is 7.60. The van der Waals surface area contributed by atoms with Crippen molar-refractivity contribution in [1.82, 2.24) is 15.1 Å². The molecule has 18 heavy (non-hydrogen) atoms. The molecule has 0 aliphatic heterocycles. The maximum absolute atomic E-state index is 9.67. The van der Waals surface area contributed by atoms with Crippen molar-refractivity contribution in [3.05, 3.63) is 10.0 Å². The Labute approximate surface area is 112 Å². The predicted molar refractivity (Wildman–Crippen MR) is 71.4 cm³/mol. The Kier molecular flexibility index (Phi) is 3.38. The first-order chi connectivity index (χ1) is 8.61. The summed E-state index contributed by atoms with van der Waals surface area (Å²) in [5.41, 5.74) is 0. The van der Waals surface area contributed by atoms with Gasteiger partial charge >= 0.3 is 0 Å². The number of fused-ring (bicyclic) bond motifs is 1. The molecule has 0 amide bonds. The van der Waals surface area contributed by atoms with Crippen molar-refractivity contribution in [3.63, 3.8) is 0 Å². The topological polar surface area (TPSA) is 49.2 Å². The van der Waals surface area contributed by atoms with Gasteiger partial charge in [0.1, 0.15) is 10.0 Å². The number of rotatable bonds is 3. The van der Waals surface area contributed by atoms with Crippen LogP contribution >= 0.6 is 11.3 Å². The highest BCUT2D eigenvalue weighted by molar-refractivity contribution is 7.11. The molecule has 100 valence electrons. The van der Waals surface area contributed by atoms with E-state index in [4.69, 9.17) is 0 Å². The smallest absolute Gasteiger partial charge is 0.131 e. The number of nitrogens with zero attached hydrogens (tertiary/aromatic N) is 3. The molecule has 2 saturated carbocycles. The maximum atomic E-state index is 9.67. The summed E-state index contributed by atoms with van der Waals surface area (Å²) < 4.78 is 0. The van der Waals surface area contributed by atoms with E-state index in [9.17, 15) is 5.11 Å². The molecule has 2 aliphatic carbocycles. The fraction of sp³-hybridized carbons (Fsp3) is 0.846. The van der Waals surface area contributed by atoms with Gasteiger partial charge in [-0.05, 0) is 51.5 Å². The molecule has 3 rings (SSSR count). The number of hydrogen-bond acceptors (Lipinski definition) is 5. The van der Waals surface area contributed by atoms with Gasteiger partial charge in [0, 0.05) is 6.04 Å². The third kappa shape index (κ3) is 2.44. The number of hydrogen-bond donors (Lipinski definition) is 1. The zero-order valence-electron chi connectivity index (χ0n) is 11.0. The van der Waals surface area contributed by atoms with Crippen molar-refractivity contribution >= 4 is 11.3 Å². The Morgan fingerprint density at radius 3 is 2.44 bits per heavy atom. The fourth-order valence-electron chi connectivity index (χ4n) is 3.66. The Balaban J connectivity index is 1.57. The molecule has 4 atom stereocenters. The van der Waals surface area contributed by atoms with Crippen LogP contribution in [-0.2, 0) is 6.54 Å². The average Bonchev–Trinajstić information content (AvgIpc) is 2.92. The highest BCUT2D eigenvalue weighted by Gasteiger charge is 2.42. The van der Waals surface area contributed by atoms with Gasteiger partial charge in [0.15, 0.2) is 0 Å². The molecule has 2 unspecified atom stereocenters. The Bertz CT molecular complexity index is 408. The summed E-state index contributed by atoms with van der Waals surface area (Å²) in [6.07, 6.45) is 4.50. The molecule has 1 N–H and O–H groups in total. The molecule has 4 nitrogen and oxygen atoms in total. The van der Waals surface area contributed by atoms with E-state index in [0.717, 1.165) is 41.2 Å². The standard InChI is InChI=1S/C13H21N3OS/c1-8-14-15-13(18-8)7-16(2)11-3-9-5-12(17)6-10(9)4-11/h9-12,17H,3-7H2,1-2H3/t9-,10+,11?,12?. The number of aryl methyl sites for hydroxylation is 1. The van der Waals surface area contributed by atoms with Gasteiger partial charge < -0.3 is 5.11 Å². The SMILES string of the molecule is Cc1nnc(CN(C)C2C[C@H]3CC(O)C[C@H]3C2)s1. The minimum absolute atomic E-state index is 0.0305. The summed E-state index contributed by atoms with van der Waals surface area (Å²) in [5, 5.41) is 20.1. The highest BCUT2D eigenvalue weighted by atomic mass is 32.1. The lowest BCUT2D eigenvalue weighted by atomic mass is 10.0. The van der Waals surface area contributed by atoms with Crippen molar-refractivity contribution in [2.75, 3.05) is 7.05 Å². The van der Waals surface area contributed by atoms with Gasteiger partial charge in [-0.3, -0.25) is 4.90 Å². The quantitative estimate of drug-likeness (QED) is 0.907. The van der Waals surface area contributed by atoms with Gasteiger partial charge in [0.25, 0.3) is 0 Å². The predicted octanol–water partition coefficient (Wildman–Crippen LogP) is 1.83. The molecule has 2 fully saturated rings. The van der Waals surface area contributed by atoms with Gasteiger partial charge in [-0.1, -0.05) is 0 Å². The lowest BCUT2D eigenvalue weighted by Gasteiger charge is -2.24. The van der Waals surface area contributed by atoms with Crippen LogP contribution in [0.5, 0.6) is 0 Å². The summed E-state index contributed by atoms with van der Waals surface area (Å²) in [6.45, 7) is 2.92. The molecule has 0 radical (unpaired) electrons. The third-order valence-corrected chi connectivity index (χ3v) is 5.37. The molecule has 1 aromatic rings. The van der Waals surface area contributed by atoms with Crippen LogP contribution in [0.4, 0.5) is 0 Å². The lowest BCUT2D eigenvalue weighted by Crippen LogP contribution is -2.29. The molecule has 0 bridgehead atoms. The Morgan fingerprint density at radius 1 is 1.22 bits per heavy atom. The van der Waals surface area contributed by atoms with Gasteiger partial charge in [0.2, 0.25) is 0 Å². The maximum Gasteiger partial charge on any atom is 0.131 e. The van der Waals surface area contributed by atoms with E-state index in [1.165, 1.54) is 12.8 Å². The summed E-state index contributed by atoms with van der Waals surface area (Å²) in [6, 6.07) is 0.664. The first kappa shape index (κ1) is 12.5. The first-order valence-electron chi connectivity index (χ1n) is 6.79. The van der Waals surface area contributed by atoms with Crippen LogP contribution in [-0.4, -0.2) is 39.4 Å². The van der Waals surface area contributed by atoms with E-state index in [2.05, 4.69) is 22.1 Å². The van der Waals surface area contributed by atoms with Gasteiger partial charge in [-0.2, -0.15) is 0 Å². The minimum Gasteiger partial charge on any atom is -0.393 e. The normalized spacial score (nSPS) is 35.3. The number of aromatic nitrogens is 2. The molecule has 1 aromatic heterocycles. The van der Waals surface area contributed by atoms with Crippen LogP contribution < -0.4 is 0 Å². The fourth-order valence-corrected chi connectivity index (χ4v) is 4.43. The zero-order valence-corrected chi connectivity index (χ0v) is 11.9. The van der Waals surface area contributed by atoms with Crippen LogP contribution in [0.3, 0.4) is 0 Å². The van der Waals surface area contributed by atoms with E-state index >= 15 is 0 Å². The third-order valence-electron chi connectivity index (χ3n) is 4.54. The Morgan fingerprint density at radius 2 is 1.89 bits per heavy atom. The molecule has 0 aromatic carbocycles. The van der Waals surface area contributed by atoms with Gasteiger partial charge in [0.05, 0.1) is 12.6 Å². The van der Waals surface area contributed by atoms with Crippen molar-refractivity contribution in [1.29, 1.82) is 0 Å². The summed E-state index contributed by atoms with van der Waals surface area (Å²) in [4.78, 5) is 2.42. The summed E-state index contributed by atoms with van der Waals surface area (Å²) >= 11 is 1.69. The van der Waals surface area contributed by atoms with E-state index in [-0.39, 0.29) is 6.10 Å². The van der Waals surface area contributed by atoms with Gasteiger partial charge in [-0.15, -0.1) is 21.5 Å². The molecular weight excluding hydrogens is 246 g/mol. The number of aliphatic hydroxyl groups is 1. The lowest BCUT2D eigenvalue weighted by molar-refractivity contribution is 0.158. The molecule has 5 heteroatoms. The van der Waals surface area contributed by atoms with Crippen molar-refractivity contribution in [2.45, 2.75) is 51.3 Å². The van der Waals surface area contributed by atoms with E-state index < -0.39 is 0 Å². The van der Waals surface area contributed by atoms with Crippen molar-refractivity contribution in [2.24, 2.45) is 11.8 Å². The number of aliphatic hydroxyl groups excluding tert-OH is 1. The van der Waals surface area contributed by atoms with Crippen LogP contribution in [0.2, 0.25) is 0 Å². The van der Waals surface area contributed by atoms with E-state index in [1.54, 1.807) is 11.3 Å². The molecule has 1 heterocycles. The molecule has 0 saturated heterocycles. The zero-order chi connectivity index (χ0) is 12.7. The average molecular weight is 267 g/mol. The van der Waals surface area contributed by atoms with Crippen LogP contribution in [0, 0.1) is 18.8 Å². The second-order valence-electron chi connectivity index (χ2n) is 5.90. The highest BCUT2D eigenvalue weighted by Crippen LogP contribution is 2.45. The van der Waals surface area contributed by atoms with Gasteiger partial charge in [-0.25, -0.2) is 0 Å². The summed E-state index contributed by atoms with van der Waals surface area (Å²) in [7, 11) is 2.19. The second-order valence-corrected chi connectivity index (χ2v) is 7.17. The Hall–Kier alpha value is -0.520. The summed E-state index contributed by atoms with van der Waals surface area (Å²) in [5.74, 6) is 1.51. The van der Waals surface area contributed by atoms with Crippen LogP contribution in [0.15, 0.2) is 0 Å².